The number of aryl methyl sites for hydroxylation is 1. The minimum atomic E-state index is 0.304. The van der Waals surface area contributed by atoms with Gasteiger partial charge >= 0.3 is 0 Å². The third kappa shape index (κ3) is 11.9. The lowest BCUT2D eigenvalue weighted by Gasteiger charge is -2.39. The van der Waals surface area contributed by atoms with Crippen LogP contribution in [0.5, 0.6) is 0 Å². The Kier molecular flexibility index (Phi) is 14.3. The van der Waals surface area contributed by atoms with E-state index in [1.807, 2.05) is 82.8 Å². The third-order valence-electron chi connectivity index (χ3n) is 11.0. The zero-order valence-electron chi connectivity index (χ0n) is 38.1. The van der Waals surface area contributed by atoms with Gasteiger partial charge in [0.05, 0.1) is 72.2 Å². The molecule has 1 aliphatic rings. The molecule has 0 aromatic carbocycles. The van der Waals surface area contributed by atoms with Crippen LogP contribution in [0.2, 0.25) is 0 Å². The van der Waals surface area contributed by atoms with Gasteiger partial charge in [0.1, 0.15) is 11.6 Å². The number of rotatable bonds is 17. The maximum atomic E-state index is 5.83. The highest BCUT2D eigenvalue weighted by Crippen LogP contribution is 2.26. The molecule has 0 radical (unpaired) electrons. The summed E-state index contributed by atoms with van der Waals surface area (Å²) in [7, 11) is 1.68. The van der Waals surface area contributed by atoms with Crippen molar-refractivity contribution in [2.45, 2.75) is 85.1 Å². The number of aromatic nitrogens is 12. The number of nitrogens with one attached hydrogen (secondary N) is 2. The molecule has 9 heterocycles. The Labute approximate surface area is 379 Å². The van der Waals surface area contributed by atoms with E-state index in [9.17, 15) is 0 Å². The first kappa shape index (κ1) is 44.8. The molecular weight excluding hydrogens is 819 g/mol. The molecule has 1 saturated heterocycles. The molecule has 2 N–H and O–H groups in total. The summed E-state index contributed by atoms with van der Waals surface area (Å²) in [5.41, 5.74) is 9.52. The lowest BCUT2D eigenvalue weighted by molar-refractivity contribution is -0.0807. The predicted molar refractivity (Wildman–Crippen MR) is 253 cm³/mol. The van der Waals surface area contributed by atoms with Crippen molar-refractivity contribution >= 4 is 45.3 Å². The molecule has 9 rings (SSSR count). The van der Waals surface area contributed by atoms with Crippen LogP contribution in [0.1, 0.15) is 70.9 Å². The first-order valence-electron chi connectivity index (χ1n) is 22.2. The zero-order chi connectivity index (χ0) is 45.3. The molecule has 0 amide bonds. The van der Waals surface area contributed by atoms with Crippen molar-refractivity contribution in [2.75, 3.05) is 44.0 Å². The van der Waals surface area contributed by atoms with E-state index in [1.54, 1.807) is 19.5 Å². The van der Waals surface area contributed by atoms with E-state index in [-0.39, 0.29) is 0 Å². The third-order valence-corrected chi connectivity index (χ3v) is 11.0. The quantitative estimate of drug-likeness (QED) is 0.0887. The summed E-state index contributed by atoms with van der Waals surface area (Å²) in [4.78, 5) is 21.0. The number of ether oxygens (including phenoxy) is 2. The highest BCUT2D eigenvalue weighted by Gasteiger charge is 2.27. The number of anilines is 4. The molecule has 17 nitrogen and oxygen atoms in total. The average Bonchev–Trinajstić information content (AvgIpc) is 3.98. The number of fused-ring (bicyclic) bond motifs is 2. The van der Waals surface area contributed by atoms with E-state index >= 15 is 0 Å². The number of hydrogen-bond acceptors (Lipinski definition) is 15. The van der Waals surface area contributed by atoms with Gasteiger partial charge in [-0.25, -0.2) is 9.97 Å². The van der Waals surface area contributed by atoms with Crippen LogP contribution in [0.4, 0.5) is 23.3 Å². The molecule has 0 aliphatic carbocycles. The molecule has 1 aliphatic heterocycles. The summed E-state index contributed by atoms with van der Waals surface area (Å²) in [6.45, 7) is 18.0. The number of pyridine rings is 4. The lowest BCUT2D eigenvalue weighted by Crippen LogP contribution is -2.53. The fraction of sp³-hybridized carbons (Fsp3) is 0.375. The second kappa shape index (κ2) is 20.8. The number of methoxy groups -OCH3 is 1. The van der Waals surface area contributed by atoms with E-state index in [1.165, 1.54) is 0 Å². The van der Waals surface area contributed by atoms with Gasteiger partial charge in [0, 0.05) is 80.3 Å². The first-order chi connectivity index (χ1) is 31.5. The molecule has 0 atom stereocenters. The van der Waals surface area contributed by atoms with Crippen LogP contribution in [0.3, 0.4) is 0 Å². The predicted octanol–water partition coefficient (Wildman–Crippen LogP) is 8.45. The molecule has 8 aromatic heterocycles. The van der Waals surface area contributed by atoms with Crippen molar-refractivity contribution in [2.24, 2.45) is 0 Å². The number of nitrogens with zero attached hydrogens (tertiary/aromatic N) is 13. The van der Waals surface area contributed by atoms with Crippen LogP contribution in [-0.2, 0) is 22.6 Å². The van der Waals surface area contributed by atoms with Crippen LogP contribution < -0.4 is 10.6 Å². The van der Waals surface area contributed by atoms with E-state index in [4.69, 9.17) is 19.4 Å². The summed E-state index contributed by atoms with van der Waals surface area (Å²) in [6, 6.07) is 15.8. The van der Waals surface area contributed by atoms with Gasteiger partial charge in [-0.2, -0.15) is 20.4 Å². The molecule has 17 heteroatoms. The molecule has 8 aromatic rings. The molecule has 65 heavy (non-hydrogen) atoms. The molecular formula is C48H57N15O2. The van der Waals surface area contributed by atoms with Crippen LogP contribution in [-0.4, -0.2) is 110 Å². The van der Waals surface area contributed by atoms with Crippen LogP contribution in [0, 0.1) is 0 Å². The van der Waals surface area contributed by atoms with Gasteiger partial charge in [-0.05, 0) is 91.8 Å². The van der Waals surface area contributed by atoms with E-state index in [0.29, 0.717) is 60.5 Å². The Hall–Kier alpha value is -6.82. The number of hydrogen-bond donors (Lipinski definition) is 2. The van der Waals surface area contributed by atoms with Crippen LogP contribution in [0.25, 0.3) is 44.3 Å². The van der Waals surface area contributed by atoms with Gasteiger partial charge in [0.2, 0.25) is 0 Å². The van der Waals surface area contributed by atoms with Crippen molar-refractivity contribution in [3.05, 3.63) is 109 Å². The standard InChI is InChI=1S/C27H34N8O.C21H23N7O/c1-18(2)20-11-27(33-29-13-20)32-26-7-6-24-25(31-26)10-21(12-28-24)22-14-30-35(15-22)9-5-8-34-16-23(17-34)36-19(3)4;1-14(2)15-9-21(27-23-11-15)26-20-5-4-18-19(25-20)8-16(10-22-18)17-12-24-28(13-17)6-7-29-3/h6-7,10-15,18-19,23H,5,8-9,16-17H2,1-4H3,(H,31,32,33);4-5,8-14H,6-7H2,1-3H3,(H,25,26,27). The summed E-state index contributed by atoms with van der Waals surface area (Å²) in [5, 5.41) is 31.9. The average molecular weight is 876 g/mol. The smallest absolute Gasteiger partial charge is 0.154 e. The van der Waals surface area contributed by atoms with Gasteiger partial charge in [-0.3, -0.25) is 24.2 Å². The maximum absolute atomic E-state index is 5.83. The Morgan fingerprint density at radius 1 is 0.585 bits per heavy atom. The maximum Gasteiger partial charge on any atom is 0.154 e. The van der Waals surface area contributed by atoms with Gasteiger partial charge in [0.15, 0.2) is 11.6 Å². The summed E-state index contributed by atoms with van der Waals surface area (Å²) >= 11 is 0. The minimum absolute atomic E-state index is 0.304. The molecule has 0 saturated carbocycles. The Morgan fingerprint density at radius 3 is 1.60 bits per heavy atom. The summed E-state index contributed by atoms with van der Waals surface area (Å²) in [6.07, 6.45) is 16.8. The Bertz CT molecular complexity index is 2820. The van der Waals surface area contributed by atoms with Crippen LogP contribution in [0.15, 0.2) is 98.1 Å². The highest BCUT2D eigenvalue weighted by molar-refractivity contribution is 5.83. The fourth-order valence-corrected chi connectivity index (χ4v) is 7.33. The second-order valence-corrected chi connectivity index (χ2v) is 17.1. The SMILES string of the molecule is CC(C)OC1CN(CCCn2cc(-c3cnc4ccc(Nc5cc(C(C)C)cnn5)nc4c3)cn2)C1.COCCn1cc(-c2cnc3ccc(Nc4cc(C(C)C)cnn4)nc3c2)cn1. The first-order valence-corrected chi connectivity index (χ1v) is 22.2. The number of likely N-dealkylation sites (tertiary alicyclic amines) is 1. The Morgan fingerprint density at radius 2 is 1.11 bits per heavy atom. The van der Waals surface area contributed by atoms with E-state index in [0.717, 1.165) is 88.0 Å². The van der Waals surface area contributed by atoms with E-state index < -0.39 is 0 Å². The van der Waals surface area contributed by atoms with Crippen LogP contribution >= 0.6 is 0 Å². The molecule has 0 bridgehead atoms. The Balaban J connectivity index is 0.000000181. The van der Waals surface area contributed by atoms with Crippen molar-refractivity contribution in [1.82, 2.24) is 64.8 Å². The molecule has 0 spiro atoms. The fourth-order valence-electron chi connectivity index (χ4n) is 7.33. The molecule has 336 valence electrons. The zero-order valence-corrected chi connectivity index (χ0v) is 38.1. The topological polar surface area (TPSA) is 185 Å². The molecule has 0 unspecified atom stereocenters. The van der Waals surface area contributed by atoms with Gasteiger partial charge < -0.3 is 20.1 Å². The lowest BCUT2D eigenvalue weighted by atomic mass is 10.1. The van der Waals surface area contributed by atoms with Crippen molar-refractivity contribution in [1.29, 1.82) is 0 Å². The van der Waals surface area contributed by atoms with Crippen molar-refractivity contribution in [3.8, 4) is 22.3 Å². The second-order valence-electron chi connectivity index (χ2n) is 17.1. The van der Waals surface area contributed by atoms with E-state index in [2.05, 4.69) is 110 Å². The summed E-state index contributed by atoms with van der Waals surface area (Å²) < 4.78 is 14.8. The van der Waals surface area contributed by atoms with Gasteiger partial charge in [-0.15, -0.1) is 10.2 Å². The van der Waals surface area contributed by atoms with Gasteiger partial charge in [-0.1, -0.05) is 27.7 Å². The molecule has 1 fully saturated rings. The van der Waals surface area contributed by atoms with Crippen molar-refractivity contribution < 1.29 is 9.47 Å². The minimum Gasteiger partial charge on any atom is -0.383 e. The normalized spacial score (nSPS) is 13.1. The largest absolute Gasteiger partial charge is 0.383 e. The summed E-state index contributed by atoms with van der Waals surface area (Å²) in [5.74, 6) is 3.52. The van der Waals surface area contributed by atoms with Gasteiger partial charge in [0.25, 0.3) is 0 Å². The highest BCUT2D eigenvalue weighted by atomic mass is 16.5. The van der Waals surface area contributed by atoms with Crippen molar-refractivity contribution in [3.63, 3.8) is 0 Å². The monoisotopic (exact) mass is 875 g/mol.